The lowest BCUT2D eigenvalue weighted by atomic mass is 10.2. The maximum Gasteiger partial charge on any atom is 0.238 e. The summed E-state index contributed by atoms with van der Waals surface area (Å²) < 4.78 is 7.55. The first-order valence-corrected chi connectivity index (χ1v) is 7.89. The number of halogens is 1. The summed E-state index contributed by atoms with van der Waals surface area (Å²) in [6, 6.07) is 19.0. The average molecular weight is 347 g/mol. The third-order valence-corrected chi connectivity index (χ3v) is 3.98. The van der Waals surface area contributed by atoms with Crippen molar-refractivity contribution in [3.8, 4) is 23.4 Å². The van der Waals surface area contributed by atoms with Crippen molar-refractivity contribution < 1.29 is 4.74 Å². The Morgan fingerprint density at radius 2 is 1.84 bits per heavy atom. The van der Waals surface area contributed by atoms with Crippen molar-refractivity contribution in [2.24, 2.45) is 0 Å². The van der Waals surface area contributed by atoms with Crippen LogP contribution < -0.4 is 4.74 Å². The fraction of sp³-hybridized carbons (Fsp3) is 0. The second-order valence-electron chi connectivity index (χ2n) is 5.33. The standard InChI is InChI=1S/C19H11ClN4O/c20-17-9-13(10-21)11-22-19(17)25-16-7-5-15(6-8-16)24-18-4-2-1-3-14(18)12-23-24/h1-9,11-12H. The molecule has 120 valence electrons. The molecule has 0 unspecified atom stereocenters. The first-order chi connectivity index (χ1) is 12.2. The zero-order valence-electron chi connectivity index (χ0n) is 12.9. The Morgan fingerprint density at radius 3 is 2.60 bits per heavy atom. The van der Waals surface area contributed by atoms with Crippen molar-refractivity contribution in [2.45, 2.75) is 0 Å². The second kappa shape index (κ2) is 6.27. The van der Waals surface area contributed by atoms with Gasteiger partial charge in [-0.2, -0.15) is 10.4 Å². The van der Waals surface area contributed by atoms with Gasteiger partial charge in [0.25, 0.3) is 0 Å². The van der Waals surface area contributed by atoms with E-state index in [4.69, 9.17) is 21.6 Å². The fourth-order valence-corrected chi connectivity index (χ4v) is 2.71. The summed E-state index contributed by atoms with van der Waals surface area (Å²) in [5.41, 5.74) is 2.35. The van der Waals surface area contributed by atoms with Crippen LogP contribution in [-0.4, -0.2) is 14.8 Å². The van der Waals surface area contributed by atoms with Crippen LogP contribution in [0, 0.1) is 11.3 Å². The number of benzene rings is 2. The lowest BCUT2D eigenvalue weighted by Crippen LogP contribution is -1.96. The van der Waals surface area contributed by atoms with Gasteiger partial charge >= 0.3 is 0 Å². The van der Waals surface area contributed by atoms with Crippen LogP contribution in [0.5, 0.6) is 11.6 Å². The Bertz CT molecular complexity index is 1100. The summed E-state index contributed by atoms with van der Waals surface area (Å²) in [5.74, 6) is 0.859. The van der Waals surface area contributed by atoms with Crippen molar-refractivity contribution in [3.05, 3.63) is 77.6 Å². The monoisotopic (exact) mass is 346 g/mol. The maximum atomic E-state index is 8.84. The van der Waals surface area contributed by atoms with Gasteiger partial charge in [0.05, 0.1) is 23.0 Å². The highest BCUT2D eigenvalue weighted by atomic mass is 35.5. The molecule has 0 saturated carbocycles. The molecule has 0 bridgehead atoms. The van der Waals surface area contributed by atoms with E-state index in [1.54, 1.807) is 0 Å². The molecule has 6 heteroatoms. The largest absolute Gasteiger partial charge is 0.438 e. The second-order valence-corrected chi connectivity index (χ2v) is 5.74. The zero-order valence-corrected chi connectivity index (χ0v) is 13.7. The van der Waals surface area contributed by atoms with E-state index in [9.17, 15) is 0 Å². The third-order valence-electron chi connectivity index (χ3n) is 3.71. The van der Waals surface area contributed by atoms with Crippen LogP contribution in [0.4, 0.5) is 0 Å². The van der Waals surface area contributed by atoms with Crippen molar-refractivity contribution in [3.63, 3.8) is 0 Å². The molecule has 4 rings (SSSR count). The van der Waals surface area contributed by atoms with Crippen LogP contribution in [-0.2, 0) is 0 Å². The predicted octanol–water partition coefficient (Wildman–Crippen LogP) is 4.74. The topological polar surface area (TPSA) is 63.7 Å². The molecule has 0 fully saturated rings. The highest BCUT2D eigenvalue weighted by Gasteiger charge is 2.08. The Labute approximate surface area is 148 Å². The molecule has 0 amide bonds. The summed E-state index contributed by atoms with van der Waals surface area (Å²) in [7, 11) is 0. The number of nitrogens with zero attached hydrogens (tertiary/aromatic N) is 4. The smallest absolute Gasteiger partial charge is 0.238 e. The number of hydrogen-bond donors (Lipinski definition) is 0. The van der Waals surface area contributed by atoms with E-state index in [0.29, 0.717) is 16.3 Å². The summed E-state index contributed by atoms with van der Waals surface area (Å²) in [4.78, 5) is 4.06. The van der Waals surface area contributed by atoms with Crippen molar-refractivity contribution in [2.75, 3.05) is 0 Å². The van der Waals surface area contributed by atoms with Gasteiger partial charge in [0.15, 0.2) is 0 Å². The molecule has 0 spiro atoms. The number of nitriles is 1. The number of para-hydroxylation sites is 1. The summed E-state index contributed by atoms with van der Waals surface area (Å²) in [6.45, 7) is 0. The Hall–Kier alpha value is -3.36. The fourth-order valence-electron chi connectivity index (χ4n) is 2.51. The summed E-state index contributed by atoms with van der Waals surface area (Å²) in [5, 5.41) is 14.6. The van der Waals surface area contributed by atoms with Crippen LogP contribution >= 0.6 is 11.6 Å². The van der Waals surface area contributed by atoms with Crippen LogP contribution in [0.2, 0.25) is 5.02 Å². The minimum Gasteiger partial charge on any atom is -0.438 e. The molecule has 2 aromatic heterocycles. The third kappa shape index (κ3) is 2.91. The van der Waals surface area contributed by atoms with Gasteiger partial charge in [0.1, 0.15) is 16.8 Å². The normalized spacial score (nSPS) is 10.6. The Kier molecular flexibility index (Phi) is 3.81. The summed E-state index contributed by atoms with van der Waals surface area (Å²) >= 11 is 6.08. The van der Waals surface area contributed by atoms with E-state index in [1.165, 1.54) is 12.3 Å². The molecular formula is C19H11ClN4O. The number of aromatic nitrogens is 3. The molecule has 0 aliphatic heterocycles. The van der Waals surface area contributed by atoms with Gasteiger partial charge in [-0.3, -0.25) is 0 Å². The van der Waals surface area contributed by atoms with E-state index in [0.717, 1.165) is 16.6 Å². The van der Waals surface area contributed by atoms with Crippen LogP contribution in [0.25, 0.3) is 16.6 Å². The number of pyridine rings is 1. The van der Waals surface area contributed by atoms with Gasteiger partial charge in [-0.05, 0) is 36.4 Å². The molecule has 25 heavy (non-hydrogen) atoms. The first kappa shape index (κ1) is 15.2. The molecule has 0 saturated heterocycles. The van der Waals surface area contributed by atoms with Crippen molar-refractivity contribution >= 4 is 22.5 Å². The highest BCUT2D eigenvalue weighted by Crippen LogP contribution is 2.28. The van der Waals surface area contributed by atoms with Crippen molar-refractivity contribution in [1.82, 2.24) is 14.8 Å². The molecule has 2 heterocycles. The number of ether oxygens (including phenoxy) is 1. The van der Waals surface area contributed by atoms with E-state index >= 15 is 0 Å². The number of rotatable bonds is 3. The average Bonchev–Trinajstić information content (AvgIpc) is 3.08. The molecular weight excluding hydrogens is 336 g/mol. The minimum absolute atomic E-state index is 0.262. The molecule has 0 aliphatic carbocycles. The number of hydrogen-bond acceptors (Lipinski definition) is 4. The molecule has 0 radical (unpaired) electrons. The van der Waals surface area contributed by atoms with E-state index in [1.807, 2.05) is 65.5 Å². The predicted molar refractivity (Wildman–Crippen MR) is 95.1 cm³/mol. The van der Waals surface area contributed by atoms with Gasteiger partial charge in [-0.15, -0.1) is 0 Å². The van der Waals surface area contributed by atoms with E-state index < -0.39 is 0 Å². The first-order valence-electron chi connectivity index (χ1n) is 7.51. The van der Waals surface area contributed by atoms with E-state index in [2.05, 4.69) is 10.1 Å². The SMILES string of the molecule is N#Cc1cnc(Oc2ccc(-n3ncc4ccccc43)cc2)c(Cl)c1. The number of fused-ring (bicyclic) bond motifs is 1. The lowest BCUT2D eigenvalue weighted by Gasteiger charge is -2.08. The molecule has 2 aromatic carbocycles. The van der Waals surface area contributed by atoms with Crippen LogP contribution in [0.15, 0.2) is 67.0 Å². The van der Waals surface area contributed by atoms with Gasteiger partial charge in [-0.25, -0.2) is 9.67 Å². The van der Waals surface area contributed by atoms with Gasteiger partial charge in [-0.1, -0.05) is 29.8 Å². The lowest BCUT2D eigenvalue weighted by molar-refractivity contribution is 0.463. The van der Waals surface area contributed by atoms with E-state index in [-0.39, 0.29) is 5.88 Å². The highest BCUT2D eigenvalue weighted by molar-refractivity contribution is 6.31. The van der Waals surface area contributed by atoms with Gasteiger partial charge in [0.2, 0.25) is 5.88 Å². The Morgan fingerprint density at radius 1 is 1.04 bits per heavy atom. The maximum absolute atomic E-state index is 8.84. The van der Waals surface area contributed by atoms with Gasteiger partial charge < -0.3 is 4.74 Å². The summed E-state index contributed by atoms with van der Waals surface area (Å²) in [6.07, 6.45) is 3.26. The molecule has 0 N–H and O–H groups in total. The molecule has 5 nitrogen and oxygen atoms in total. The van der Waals surface area contributed by atoms with Crippen LogP contribution in [0.3, 0.4) is 0 Å². The molecule has 0 aliphatic rings. The quantitative estimate of drug-likeness (QED) is 0.537. The zero-order chi connectivity index (χ0) is 17.2. The Balaban J connectivity index is 1.61. The minimum atomic E-state index is 0.262. The molecule has 4 aromatic rings. The molecule has 0 atom stereocenters. The van der Waals surface area contributed by atoms with Crippen molar-refractivity contribution in [1.29, 1.82) is 5.26 Å². The van der Waals surface area contributed by atoms with Crippen LogP contribution in [0.1, 0.15) is 5.56 Å². The van der Waals surface area contributed by atoms with Gasteiger partial charge in [0, 0.05) is 11.6 Å².